The number of benzene rings is 3. The van der Waals surface area contributed by atoms with Crippen LogP contribution in [0.2, 0.25) is 0 Å². The highest BCUT2D eigenvalue weighted by molar-refractivity contribution is 6.23. The summed E-state index contributed by atoms with van der Waals surface area (Å²) in [6.07, 6.45) is 4.09. The summed E-state index contributed by atoms with van der Waals surface area (Å²) in [4.78, 5) is 53.1. The molecular formula is C31H24O6. The highest BCUT2D eigenvalue weighted by atomic mass is 16.5. The number of ketones is 3. The van der Waals surface area contributed by atoms with Crippen LogP contribution in [0.15, 0.2) is 66.7 Å². The second kappa shape index (κ2) is 8.18. The summed E-state index contributed by atoms with van der Waals surface area (Å²) in [5.74, 6) is -3.16. The Morgan fingerprint density at radius 3 is 2.43 bits per heavy atom. The van der Waals surface area contributed by atoms with Gasteiger partial charge in [-0.2, -0.15) is 0 Å². The lowest BCUT2D eigenvalue weighted by Gasteiger charge is -2.45. The van der Waals surface area contributed by atoms with Crippen LogP contribution in [-0.4, -0.2) is 41.1 Å². The fourth-order valence-electron chi connectivity index (χ4n) is 6.32. The first-order valence-electron chi connectivity index (χ1n) is 12.2. The maximum absolute atomic E-state index is 14.2. The molecule has 6 nitrogen and oxygen atoms in total. The minimum Gasteiger partial charge on any atom is -0.478 e. The number of methoxy groups -OCH3 is 1. The molecule has 0 aliphatic heterocycles. The van der Waals surface area contributed by atoms with E-state index in [1.54, 1.807) is 25.1 Å². The Labute approximate surface area is 213 Å². The maximum atomic E-state index is 14.2. The molecule has 37 heavy (non-hydrogen) atoms. The van der Waals surface area contributed by atoms with E-state index in [0.717, 1.165) is 11.1 Å². The van der Waals surface area contributed by atoms with Crippen molar-refractivity contribution in [3.63, 3.8) is 0 Å². The SMILES string of the molecule is COC12CCc3cc(C)c(C(=O)O)cc3C1C(=O)c1cc3c(cc1C2=O)C(=O)C=CC3c1ccccc1. The Kier molecular flexibility index (Phi) is 5.14. The number of Topliss-reactive ketones (excluding diaryl/α,β-unsaturated/α-hetero) is 2. The third-order valence-corrected chi connectivity index (χ3v) is 8.17. The average molecular weight is 493 g/mol. The van der Waals surface area contributed by atoms with Crippen LogP contribution in [0.4, 0.5) is 0 Å². The first kappa shape index (κ1) is 23.3. The molecule has 0 aromatic heterocycles. The Morgan fingerprint density at radius 1 is 0.973 bits per heavy atom. The normalized spacial score (nSPS) is 23.7. The molecule has 0 saturated carbocycles. The number of rotatable bonds is 3. The van der Waals surface area contributed by atoms with Crippen molar-refractivity contribution in [1.82, 2.24) is 0 Å². The van der Waals surface area contributed by atoms with Crippen molar-refractivity contribution in [2.45, 2.75) is 37.2 Å². The third-order valence-electron chi connectivity index (χ3n) is 8.17. The molecule has 6 rings (SSSR count). The number of carbonyl (C=O) groups is 4. The summed E-state index contributed by atoms with van der Waals surface area (Å²) in [6.45, 7) is 1.73. The molecule has 0 fully saturated rings. The summed E-state index contributed by atoms with van der Waals surface area (Å²) in [5, 5.41) is 9.73. The Morgan fingerprint density at radius 2 is 1.73 bits per heavy atom. The summed E-state index contributed by atoms with van der Waals surface area (Å²) in [7, 11) is 1.41. The molecule has 0 radical (unpaired) electrons. The van der Waals surface area contributed by atoms with Gasteiger partial charge in [0.25, 0.3) is 0 Å². The number of hydrogen-bond donors (Lipinski definition) is 1. The Bertz CT molecular complexity index is 1560. The zero-order chi connectivity index (χ0) is 26.1. The topological polar surface area (TPSA) is 97.7 Å². The zero-order valence-corrected chi connectivity index (χ0v) is 20.4. The van der Waals surface area contributed by atoms with Gasteiger partial charge in [0.2, 0.25) is 0 Å². The Hall–Kier alpha value is -4.16. The van der Waals surface area contributed by atoms with Gasteiger partial charge in [-0.05, 0) is 71.9 Å². The first-order chi connectivity index (χ1) is 17.8. The lowest BCUT2D eigenvalue weighted by atomic mass is 9.61. The summed E-state index contributed by atoms with van der Waals surface area (Å²) in [5.41, 5.74) is 3.10. The molecule has 0 bridgehead atoms. The van der Waals surface area contributed by atoms with Gasteiger partial charge in [-0.25, -0.2) is 4.79 Å². The zero-order valence-electron chi connectivity index (χ0n) is 20.4. The predicted octanol–water partition coefficient (Wildman–Crippen LogP) is 5.07. The van der Waals surface area contributed by atoms with Crippen LogP contribution in [0.5, 0.6) is 0 Å². The summed E-state index contributed by atoms with van der Waals surface area (Å²) >= 11 is 0. The standard InChI is InChI=1S/C31H24O6/c1-16-12-18-10-11-31(37-2)27(21(18)13-20(16)30(35)36)28(33)24-14-22-19(17-6-4-3-5-7-17)8-9-26(32)23(22)15-25(24)29(31)34/h3-9,12-15,19,27H,10-11H2,1-2H3,(H,35,36). The van der Waals surface area contributed by atoms with E-state index in [1.807, 2.05) is 36.4 Å². The highest BCUT2D eigenvalue weighted by Gasteiger charge is 2.57. The van der Waals surface area contributed by atoms with E-state index in [2.05, 4.69) is 0 Å². The maximum Gasteiger partial charge on any atom is 0.335 e. The van der Waals surface area contributed by atoms with E-state index in [-0.39, 0.29) is 46.4 Å². The average Bonchev–Trinajstić information content (AvgIpc) is 2.90. The van der Waals surface area contributed by atoms with Gasteiger partial charge in [0, 0.05) is 29.7 Å². The molecule has 3 atom stereocenters. The minimum absolute atomic E-state index is 0.0991. The van der Waals surface area contributed by atoms with Crippen molar-refractivity contribution in [3.05, 3.63) is 117 Å². The molecule has 0 spiro atoms. The third kappa shape index (κ3) is 3.22. The molecule has 0 amide bonds. The molecule has 3 unspecified atom stereocenters. The van der Waals surface area contributed by atoms with E-state index < -0.39 is 17.5 Å². The van der Waals surface area contributed by atoms with E-state index >= 15 is 0 Å². The van der Waals surface area contributed by atoms with Crippen LogP contribution in [-0.2, 0) is 11.2 Å². The fraction of sp³-hybridized carbons (Fsp3) is 0.226. The van der Waals surface area contributed by atoms with Crippen LogP contribution in [0.25, 0.3) is 0 Å². The predicted molar refractivity (Wildman–Crippen MR) is 136 cm³/mol. The number of carboxylic acid groups (broad SMARTS) is 1. The van der Waals surface area contributed by atoms with Gasteiger partial charge in [0.05, 0.1) is 11.5 Å². The molecule has 6 heteroatoms. The lowest BCUT2D eigenvalue weighted by Crippen LogP contribution is -2.55. The van der Waals surface area contributed by atoms with Gasteiger partial charge in [-0.3, -0.25) is 14.4 Å². The molecule has 3 aliphatic rings. The second-order valence-corrected chi connectivity index (χ2v) is 9.99. The number of fused-ring (bicyclic) bond motifs is 5. The van der Waals surface area contributed by atoms with Gasteiger partial charge < -0.3 is 9.84 Å². The van der Waals surface area contributed by atoms with E-state index in [0.29, 0.717) is 28.7 Å². The molecule has 184 valence electrons. The molecule has 1 N–H and O–H groups in total. The molecule has 0 heterocycles. The van der Waals surface area contributed by atoms with Gasteiger partial charge in [-0.1, -0.05) is 42.5 Å². The number of hydrogen-bond acceptors (Lipinski definition) is 5. The van der Waals surface area contributed by atoms with Gasteiger partial charge >= 0.3 is 5.97 Å². The van der Waals surface area contributed by atoms with Crippen molar-refractivity contribution in [3.8, 4) is 0 Å². The minimum atomic E-state index is -1.46. The fourth-order valence-corrected chi connectivity index (χ4v) is 6.32. The van der Waals surface area contributed by atoms with E-state index in [4.69, 9.17) is 4.74 Å². The van der Waals surface area contributed by atoms with Crippen molar-refractivity contribution >= 4 is 23.3 Å². The van der Waals surface area contributed by atoms with E-state index in [1.165, 1.54) is 19.3 Å². The summed E-state index contributed by atoms with van der Waals surface area (Å²) in [6, 6.07) is 16.2. The van der Waals surface area contributed by atoms with Crippen molar-refractivity contribution in [2.75, 3.05) is 7.11 Å². The summed E-state index contributed by atoms with van der Waals surface area (Å²) < 4.78 is 5.85. The van der Waals surface area contributed by atoms with Crippen LogP contribution in [0.3, 0.4) is 0 Å². The Balaban J connectivity index is 1.58. The second-order valence-electron chi connectivity index (χ2n) is 9.99. The molecule has 3 aliphatic carbocycles. The lowest BCUT2D eigenvalue weighted by molar-refractivity contribution is -0.0220. The first-order valence-corrected chi connectivity index (χ1v) is 12.2. The largest absolute Gasteiger partial charge is 0.478 e. The highest BCUT2D eigenvalue weighted by Crippen LogP contribution is 2.50. The number of carbonyl (C=O) groups excluding carboxylic acids is 3. The molecular weight excluding hydrogens is 468 g/mol. The quantitative estimate of drug-likeness (QED) is 0.548. The smallest absolute Gasteiger partial charge is 0.335 e. The van der Waals surface area contributed by atoms with Gasteiger partial charge in [0.1, 0.15) is 5.60 Å². The van der Waals surface area contributed by atoms with Crippen LogP contribution in [0.1, 0.15) is 87.5 Å². The molecule has 3 aromatic carbocycles. The number of carboxylic acids is 1. The van der Waals surface area contributed by atoms with Crippen LogP contribution < -0.4 is 0 Å². The number of ether oxygens (including phenoxy) is 1. The number of aromatic carboxylic acids is 1. The monoisotopic (exact) mass is 492 g/mol. The van der Waals surface area contributed by atoms with Gasteiger partial charge in [0.15, 0.2) is 17.3 Å². The number of allylic oxidation sites excluding steroid dienone is 2. The van der Waals surface area contributed by atoms with E-state index in [9.17, 15) is 24.3 Å². The van der Waals surface area contributed by atoms with Crippen molar-refractivity contribution in [2.24, 2.45) is 0 Å². The van der Waals surface area contributed by atoms with Crippen molar-refractivity contribution in [1.29, 1.82) is 0 Å². The number of aryl methyl sites for hydroxylation is 2. The van der Waals surface area contributed by atoms with Crippen LogP contribution in [0, 0.1) is 6.92 Å². The van der Waals surface area contributed by atoms with Crippen molar-refractivity contribution < 1.29 is 29.0 Å². The molecule has 3 aromatic rings. The molecule has 0 saturated heterocycles. The van der Waals surface area contributed by atoms with Crippen LogP contribution >= 0.6 is 0 Å². The van der Waals surface area contributed by atoms with Gasteiger partial charge in [-0.15, -0.1) is 0 Å².